The highest BCUT2D eigenvalue weighted by Crippen LogP contribution is 2.00. The minimum atomic E-state index is -0.551. The fourth-order valence-corrected chi connectivity index (χ4v) is 1.02. The molecule has 6 heteroatoms. The van der Waals surface area contributed by atoms with Gasteiger partial charge in [0.1, 0.15) is 12.2 Å². The van der Waals surface area contributed by atoms with Gasteiger partial charge in [0.15, 0.2) is 0 Å². The Balaban J connectivity index is 4.54. The maximum absolute atomic E-state index is 11.6. The van der Waals surface area contributed by atoms with Gasteiger partial charge in [-0.05, 0) is 5.92 Å². The Morgan fingerprint density at radius 1 is 1.29 bits per heavy atom. The molecule has 0 aromatic carbocycles. The number of hydrogen-bond acceptors (Lipinski definition) is 4. The number of ether oxygens (including phenoxy) is 1. The smallest absolute Gasteiger partial charge is 0.325 e. The predicted molar refractivity (Wildman–Crippen MR) is 61.8 cm³/mol. The zero-order valence-electron chi connectivity index (χ0n) is 10.5. The number of carbonyl (C=O) groups is 3. The lowest BCUT2D eigenvalue weighted by Crippen LogP contribution is -2.37. The van der Waals surface area contributed by atoms with Crippen LogP contribution in [0.25, 0.3) is 0 Å². The second kappa shape index (κ2) is 7.43. The fourth-order valence-electron chi connectivity index (χ4n) is 1.02. The first-order valence-electron chi connectivity index (χ1n) is 5.21. The van der Waals surface area contributed by atoms with Crippen molar-refractivity contribution in [3.63, 3.8) is 0 Å². The summed E-state index contributed by atoms with van der Waals surface area (Å²) in [6.07, 6.45) is 1.61. The Labute approximate surface area is 100 Å². The minimum absolute atomic E-state index is 0.0979. The summed E-state index contributed by atoms with van der Waals surface area (Å²) in [4.78, 5) is 33.4. The van der Waals surface area contributed by atoms with Crippen LogP contribution in [0.3, 0.4) is 0 Å². The third kappa shape index (κ3) is 7.10. The number of nitrogens with one attached hydrogen (secondary N) is 2. The number of methoxy groups -OCH3 is 1. The van der Waals surface area contributed by atoms with Crippen molar-refractivity contribution >= 4 is 17.8 Å². The van der Waals surface area contributed by atoms with Crippen LogP contribution in [-0.4, -0.2) is 31.4 Å². The normalized spacial score (nSPS) is 11.0. The number of hydrogen-bond donors (Lipinski definition) is 2. The van der Waals surface area contributed by atoms with Crippen molar-refractivity contribution < 1.29 is 19.1 Å². The lowest BCUT2D eigenvalue weighted by Gasteiger charge is -2.09. The molecule has 17 heavy (non-hydrogen) atoms. The Morgan fingerprint density at radius 2 is 1.88 bits per heavy atom. The average molecular weight is 242 g/mol. The van der Waals surface area contributed by atoms with Gasteiger partial charge in [-0.3, -0.25) is 14.4 Å². The van der Waals surface area contributed by atoms with E-state index in [0.29, 0.717) is 0 Å². The molecule has 0 aliphatic rings. The fraction of sp³-hybridized carbons (Fsp3) is 0.545. The van der Waals surface area contributed by atoms with E-state index in [1.54, 1.807) is 6.08 Å². The molecule has 0 aliphatic carbocycles. The van der Waals surface area contributed by atoms with Gasteiger partial charge in [-0.1, -0.05) is 19.9 Å². The van der Waals surface area contributed by atoms with E-state index >= 15 is 0 Å². The summed E-state index contributed by atoms with van der Waals surface area (Å²) in [6, 6.07) is 0. The van der Waals surface area contributed by atoms with Crippen LogP contribution >= 0.6 is 0 Å². The van der Waals surface area contributed by atoms with Gasteiger partial charge < -0.3 is 15.4 Å². The summed E-state index contributed by atoms with van der Waals surface area (Å²) >= 11 is 0. The van der Waals surface area contributed by atoms with Crippen LogP contribution in [0, 0.1) is 5.92 Å². The van der Waals surface area contributed by atoms with E-state index in [9.17, 15) is 14.4 Å². The molecule has 96 valence electrons. The molecule has 2 N–H and O–H groups in total. The third-order valence-corrected chi connectivity index (χ3v) is 1.68. The van der Waals surface area contributed by atoms with E-state index < -0.39 is 11.9 Å². The van der Waals surface area contributed by atoms with E-state index in [4.69, 9.17) is 0 Å². The van der Waals surface area contributed by atoms with Crippen molar-refractivity contribution in [1.82, 2.24) is 10.6 Å². The molecule has 0 bridgehead atoms. The zero-order valence-corrected chi connectivity index (χ0v) is 10.5. The highest BCUT2D eigenvalue weighted by atomic mass is 16.5. The van der Waals surface area contributed by atoms with E-state index in [1.807, 2.05) is 13.8 Å². The Bertz CT molecular complexity index is 334. The zero-order chi connectivity index (χ0) is 13.4. The van der Waals surface area contributed by atoms with Crippen LogP contribution in [0.2, 0.25) is 0 Å². The van der Waals surface area contributed by atoms with E-state index in [-0.39, 0.29) is 24.1 Å². The standard InChI is InChI=1S/C11H18N2O4/c1-7(2)5-9(13-8(3)14)11(16)12-6-10(15)17-4/h5,7H,6H2,1-4H3,(H,12,16)(H,13,14)/b9-5-. The van der Waals surface area contributed by atoms with Crippen LogP contribution < -0.4 is 10.6 Å². The van der Waals surface area contributed by atoms with E-state index in [0.717, 1.165) is 0 Å². The molecular weight excluding hydrogens is 224 g/mol. The maximum Gasteiger partial charge on any atom is 0.325 e. The van der Waals surface area contributed by atoms with Crippen LogP contribution in [0.15, 0.2) is 11.8 Å². The van der Waals surface area contributed by atoms with Crippen LogP contribution in [0.1, 0.15) is 20.8 Å². The van der Waals surface area contributed by atoms with Crippen LogP contribution in [0.4, 0.5) is 0 Å². The first-order valence-corrected chi connectivity index (χ1v) is 5.21. The van der Waals surface area contributed by atoms with Crippen molar-refractivity contribution in [1.29, 1.82) is 0 Å². The van der Waals surface area contributed by atoms with Crippen molar-refractivity contribution in [2.75, 3.05) is 13.7 Å². The lowest BCUT2D eigenvalue weighted by atomic mass is 10.2. The second-order valence-corrected chi connectivity index (χ2v) is 3.76. The molecule has 0 aliphatic heterocycles. The summed E-state index contributed by atoms with van der Waals surface area (Å²) in [7, 11) is 1.23. The van der Waals surface area contributed by atoms with Gasteiger partial charge in [-0.2, -0.15) is 0 Å². The molecule has 0 radical (unpaired) electrons. The van der Waals surface area contributed by atoms with Crippen molar-refractivity contribution in [2.45, 2.75) is 20.8 Å². The molecule has 2 amide bonds. The van der Waals surface area contributed by atoms with Gasteiger partial charge >= 0.3 is 5.97 Å². The van der Waals surface area contributed by atoms with Crippen molar-refractivity contribution in [2.24, 2.45) is 5.92 Å². The largest absolute Gasteiger partial charge is 0.468 e. The third-order valence-electron chi connectivity index (χ3n) is 1.68. The van der Waals surface area contributed by atoms with Gasteiger partial charge in [0.25, 0.3) is 5.91 Å². The SMILES string of the molecule is COC(=O)CNC(=O)/C(=C/C(C)C)NC(C)=O. The van der Waals surface area contributed by atoms with Gasteiger partial charge in [0, 0.05) is 6.92 Å². The predicted octanol–water partition coefficient (Wildman–Crippen LogP) is -0.0484. The monoisotopic (exact) mass is 242 g/mol. The summed E-state index contributed by atoms with van der Waals surface area (Å²) in [5.41, 5.74) is 0.136. The summed E-state index contributed by atoms with van der Waals surface area (Å²) in [5, 5.41) is 4.76. The van der Waals surface area contributed by atoms with Gasteiger partial charge in [-0.25, -0.2) is 0 Å². The molecule has 0 saturated heterocycles. The molecule has 0 atom stereocenters. The summed E-state index contributed by atoms with van der Waals surface area (Å²) in [6.45, 7) is 4.82. The van der Waals surface area contributed by atoms with Crippen molar-refractivity contribution in [3.8, 4) is 0 Å². The molecular formula is C11H18N2O4. The van der Waals surface area contributed by atoms with Crippen LogP contribution in [-0.2, 0) is 19.1 Å². The number of esters is 1. The maximum atomic E-state index is 11.6. The average Bonchev–Trinajstić information content (AvgIpc) is 2.23. The first-order chi connectivity index (χ1) is 7.86. The van der Waals surface area contributed by atoms with Crippen molar-refractivity contribution in [3.05, 3.63) is 11.8 Å². The molecule has 0 aromatic heterocycles. The minimum Gasteiger partial charge on any atom is -0.468 e. The number of amides is 2. The number of allylic oxidation sites excluding steroid dienone is 1. The van der Waals surface area contributed by atoms with Gasteiger partial charge in [0.2, 0.25) is 5.91 Å². The topological polar surface area (TPSA) is 84.5 Å². The quantitative estimate of drug-likeness (QED) is 0.523. The molecule has 6 nitrogen and oxygen atoms in total. The van der Waals surface area contributed by atoms with E-state index in [2.05, 4.69) is 15.4 Å². The summed E-state index contributed by atoms with van der Waals surface area (Å²) in [5.74, 6) is -1.31. The number of carbonyl (C=O) groups excluding carboxylic acids is 3. The molecule has 0 aromatic rings. The molecule has 0 rings (SSSR count). The molecule has 0 heterocycles. The number of rotatable bonds is 5. The first kappa shape index (κ1) is 15.2. The Kier molecular flexibility index (Phi) is 6.62. The highest BCUT2D eigenvalue weighted by Gasteiger charge is 2.12. The molecule has 0 spiro atoms. The Hall–Kier alpha value is -1.85. The Morgan fingerprint density at radius 3 is 2.29 bits per heavy atom. The second-order valence-electron chi connectivity index (χ2n) is 3.76. The van der Waals surface area contributed by atoms with Crippen LogP contribution in [0.5, 0.6) is 0 Å². The molecule has 0 unspecified atom stereocenters. The molecule has 0 fully saturated rings. The molecule has 0 saturated carbocycles. The lowest BCUT2D eigenvalue weighted by molar-refractivity contribution is -0.140. The van der Waals surface area contributed by atoms with Gasteiger partial charge in [0.05, 0.1) is 7.11 Å². The van der Waals surface area contributed by atoms with Gasteiger partial charge in [-0.15, -0.1) is 0 Å². The summed E-state index contributed by atoms with van der Waals surface area (Å²) < 4.78 is 4.38. The van der Waals surface area contributed by atoms with E-state index in [1.165, 1.54) is 14.0 Å². The highest BCUT2D eigenvalue weighted by molar-refractivity contribution is 5.98.